The predicted octanol–water partition coefficient (Wildman–Crippen LogP) is 3.50. The van der Waals surface area contributed by atoms with Crippen molar-refractivity contribution in [1.29, 1.82) is 0 Å². The predicted molar refractivity (Wildman–Crippen MR) is 71.2 cm³/mol. The minimum Gasteiger partial charge on any atom is -0.494 e. The Hall–Kier alpha value is -1.02. The zero-order chi connectivity index (χ0) is 12.7. The van der Waals surface area contributed by atoms with Gasteiger partial charge in [-0.05, 0) is 36.3 Å². The summed E-state index contributed by atoms with van der Waals surface area (Å²) in [6, 6.07) is 9.86. The van der Waals surface area contributed by atoms with Crippen LogP contribution >= 0.6 is 0 Å². The average molecular weight is 236 g/mol. The Bertz CT molecular complexity index is 300. The molecule has 0 bridgehead atoms. The molecule has 0 amide bonds. The molecule has 96 valence electrons. The number of para-hydroxylation sites is 1. The van der Waals surface area contributed by atoms with Gasteiger partial charge < -0.3 is 9.84 Å². The number of aliphatic hydroxyl groups excluding tert-OH is 1. The molecule has 1 aromatic carbocycles. The van der Waals surface area contributed by atoms with Crippen LogP contribution in [0.3, 0.4) is 0 Å². The van der Waals surface area contributed by atoms with E-state index < -0.39 is 0 Å². The quantitative estimate of drug-likeness (QED) is 0.766. The van der Waals surface area contributed by atoms with E-state index in [2.05, 4.69) is 20.8 Å². The summed E-state index contributed by atoms with van der Waals surface area (Å²) in [6.07, 6.45) is 1.99. The molecule has 0 fully saturated rings. The number of rotatable bonds is 6. The lowest BCUT2D eigenvalue weighted by molar-refractivity contribution is 0.116. The van der Waals surface area contributed by atoms with E-state index in [0.717, 1.165) is 25.2 Å². The Morgan fingerprint density at radius 3 is 2.35 bits per heavy atom. The third-order valence-corrected chi connectivity index (χ3v) is 3.15. The fourth-order valence-corrected chi connectivity index (χ4v) is 1.83. The maximum Gasteiger partial charge on any atom is 0.119 e. The highest BCUT2D eigenvalue weighted by Crippen LogP contribution is 2.29. The van der Waals surface area contributed by atoms with Crippen molar-refractivity contribution in [2.24, 2.45) is 11.3 Å². The van der Waals surface area contributed by atoms with Crippen molar-refractivity contribution in [2.45, 2.75) is 33.6 Å². The molecule has 0 aliphatic heterocycles. The third-order valence-electron chi connectivity index (χ3n) is 3.15. The van der Waals surface area contributed by atoms with Crippen molar-refractivity contribution in [1.82, 2.24) is 0 Å². The van der Waals surface area contributed by atoms with E-state index in [-0.39, 0.29) is 12.0 Å². The van der Waals surface area contributed by atoms with Gasteiger partial charge in [-0.1, -0.05) is 39.0 Å². The SMILES string of the molecule is CC(C)(C)C(CO)CCCOc1ccccc1. The molecule has 1 N–H and O–H groups in total. The second-order valence-corrected chi connectivity index (χ2v) is 5.55. The van der Waals surface area contributed by atoms with Crippen molar-refractivity contribution >= 4 is 0 Å². The summed E-state index contributed by atoms with van der Waals surface area (Å²) >= 11 is 0. The van der Waals surface area contributed by atoms with Gasteiger partial charge in [-0.25, -0.2) is 0 Å². The summed E-state index contributed by atoms with van der Waals surface area (Å²) < 4.78 is 5.63. The zero-order valence-electron chi connectivity index (χ0n) is 11.1. The van der Waals surface area contributed by atoms with Gasteiger partial charge in [-0.3, -0.25) is 0 Å². The van der Waals surface area contributed by atoms with Crippen molar-refractivity contribution in [3.63, 3.8) is 0 Å². The van der Waals surface area contributed by atoms with Gasteiger partial charge >= 0.3 is 0 Å². The van der Waals surface area contributed by atoms with Crippen LogP contribution in [0.4, 0.5) is 0 Å². The van der Waals surface area contributed by atoms with E-state index in [1.54, 1.807) is 0 Å². The molecule has 2 nitrogen and oxygen atoms in total. The minimum absolute atomic E-state index is 0.168. The molecule has 0 heterocycles. The van der Waals surface area contributed by atoms with Crippen LogP contribution in [-0.4, -0.2) is 18.3 Å². The number of ether oxygens (including phenoxy) is 1. The molecule has 2 heteroatoms. The summed E-state index contributed by atoms with van der Waals surface area (Å²) in [5, 5.41) is 9.34. The fraction of sp³-hybridized carbons (Fsp3) is 0.600. The van der Waals surface area contributed by atoms with Crippen molar-refractivity contribution in [3.8, 4) is 5.75 Å². The molecule has 0 radical (unpaired) electrons. The van der Waals surface area contributed by atoms with Crippen molar-refractivity contribution < 1.29 is 9.84 Å². The summed E-state index contributed by atoms with van der Waals surface area (Å²) in [6.45, 7) is 7.50. The first-order chi connectivity index (χ1) is 8.04. The van der Waals surface area contributed by atoms with E-state index in [0.29, 0.717) is 5.92 Å². The van der Waals surface area contributed by atoms with Crippen LogP contribution in [0.2, 0.25) is 0 Å². The highest BCUT2D eigenvalue weighted by Gasteiger charge is 2.23. The normalized spacial score (nSPS) is 13.4. The molecule has 0 aliphatic carbocycles. The minimum atomic E-state index is 0.168. The average Bonchev–Trinajstić information content (AvgIpc) is 2.28. The third kappa shape index (κ3) is 5.22. The van der Waals surface area contributed by atoms with E-state index in [1.807, 2.05) is 30.3 Å². The second kappa shape index (κ2) is 6.65. The van der Waals surface area contributed by atoms with Crippen LogP contribution in [0.25, 0.3) is 0 Å². The molecule has 0 saturated heterocycles. The van der Waals surface area contributed by atoms with Crippen molar-refractivity contribution in [2.75, 3.05) is 13.2 Å². The molecule has 0 aliphatic rings. The Morgan fingerprint density at radius 2 is 1.82 bits per heavy atom. The van der Waals surface area contributed by atoms with Crippen LogP contribution < -0.4 is 4.74 Å². The van der Waals surface area contributed by atoms with Crippen LogP contribution in [0.5, 0.6) is 5.75 Å². The highest BCUT2D eigenvalue weighted by molar-refractivity contribution is 5.20. The van der Waals surface area contributed by atoms with Gasteiger partial charge in [0.1, 0.15) is 5.75 Å². The van der Waals surface area contributed by atoms with Gasteiger partial charge in [-0.2, -0.15) is 0 Å². The van der Waals surface area contributed by atoms with Gasteiger partial charge in [0.2, 0.25) is 0 Å². The van der Waals surface area contributed by atoms with Gasteiger partial charge in [0.15, 0.2) is 0 Å². The number of hydrogen-bond donors (Lipinski definition) is 1. The summed E-state index contributed by atoms with van der Waals surface area (Å²) in [5.41, 5.74) is 0.168. The smallest absolute Gasteiger partial charge is 0.119 e. The van der Waals surface area contributed by atoms with E-state index in [4.69, 9.17) is 4.74 Å². The molecular formula is C15H24O2. The Labute approximate surface area is 105 Å². The van der Waals surface area contributed by atoms with Crippen LogP contribution in [0, 0.1) is 11.3 Å². The van der Waals surface area contributed by atoms with Gasteiger partial charge in [0, 0.05) is 6.61 Å². The first-order valence-corrected chi connectivity index (χ1v) is 6.32. The van der Waals surface area contributed by atoms with E-state index in [9.17, 15) is 5.11 Å². The summed E-state index contributed by atoms with van der Waals surface area (Å²) in [5.74, 6) is 1.27. The molecular weight excluding hydrogens is 212 g/mol. The Morgan fingerprint density at radius 1 is 1.18 bits per heavy atom. The van der Waals surface area contributed by atoms with Gasteiger partial charge in [0.25, 0.3) is 0 Å². The maximum absolute atomic E-state index is 9.34. The largest absolute Gasteiger partial charge is 0.494 e. The van der Waals surface area contributed by atoms with E-state index in [1.165, 1.54) is 0 Å². The standard InChI is InChI=1S/C15H24O2/c1-15(2,3)13(12-16)8-7-11-17-14-9-5-4-6-10-14/h4-6,9-10,13,16H,7-8,11-12H2,1-3H3. The lowest BCUT2D eigenvalue weighted by Gasteiger charge is -2.29. The summed E-state index contributed by atoms with van der Waals surface area (Å²) in [7, 11) is 0. The first kappa shape index (κ1) is 14.0. The Kier molecular flexibility index (Phi) is 5.49. The van der Waals surface area contributed by atoms with Crippen LogP contribution in [0.1, 0.15) is 33.6 Å². The number of benzene rings is 1. The lowest BCUT2D eigenvalue weighted by atomic mass is 9.79. The molecule has 17 heavy (non-hydrogen) atoms. The van der Waals surface area contributed by atoms with Crippen molar-refractivity contribution in [3.05, 3.63) is 30.3 Å². The lowest BCUT2D eigenvalue weighted by Crippen LogP contribution is -2.24. The topological polar surface area (TPSA) is 29.5 Å². The molecule has 0 saturated carbocycles. The molecule has 1 rings (SSSR count). The highest BCUT2D eigenvalue weighted by atomic mass is 16.5. The van der Waals surface area contributed by atoms with Crippen LogP contribution in [-0.2, 0) is 0 Å². The molecule has 1 aromatic rings. The number of hydrogen-bond acceptors (Lipinski definition) is 2. The van der Waals surface area contributed by atoms with Crippen LogP contribution in [0.15, 0.2) is 30.3 Å². The van der Waals surface area contributed by atoms with E-state index >= 15 is 0 Å². The maximum atomic E-state index is 9.34. The molecule has 1 atom stereocenters. The monoisotopic (exact) mass is 236 g/mol. The fourth-order valence-electron chi connectivity index (χ4n) is 1.83. The Balaban J connectivity index is 2.24. The molecule has 0 aromatic heterocycles. The van der Waals surface area contributed by atoms with Gasteiger partial charge in [0.05, 0.1) is 6.61 Å². The molecule has 1 unspecified atom stereocenters. The zero-order valence-corrected chi connectivity index (χ0v) is 11.1. The number of aliphatic hydroxyl groups is 1. The first-order valence-electron chi connectivity index (χ1n) is 6.32. The second-order valence-electron chi connectivity index (χ2n) is 5.55. The van der Waals surface area contributed by atoms with Gasteiger partial charge in [-0.15, -0.1) is 0 Å². The molecule has 0 spiro atoms. The summed E-state index contributed by atoms with van der Waals surface area (Å²) in [4.78, 5) is 0.